The van der Waals surface area contributed by atoms with E-state index in [2.05, 4.69) is 54.4 Å². The fourth-order valence-corrected chi connectivity index (χ4v) is 2.52. The Kier molecular flexibility index (Phi) is 1.71. The quantitative estimate of drug-likeness (QED) is 0.787. The summed E-state index contributed by atoms with van der Waals surface area (Å²) in [6.07, 6.45) is 4.65. The molecule has 1 aromatic heterocycles. The van der Waals surface area contributed by atoms with Gasteiger partial charge in [-0.3, -0.25) is 0 Å². The second-order valence-corrected chi connectivity index (χ2v) is 4.50. The molecule has 0 spiro atoms. The van der Waals surface area contributed by atoms with Crippen molar-refractivity contribution in [1.29, 1.82) is 0 Å². The van der Waals surface area contributed by atoms with Crippen molar-refractivity contribution < 1.29 is 0 Å². The maximum atomic E-state index is 3.46. The number of nitrogens with one attached hydrogen (secondary N) is 1. The predicted octanol–water partition coefficient (Wildman–Crippen LogP) is 2.39. The summed E-state index contributed by atoms with van der Waals surface area (Å²) in [5.74, 6) is 0. The van der Waals surface area contributed by atoms with Crippen LogP contribution in [-0.4, -0.2) is 11.6 Å². The van der Waals surface area contributed by atoms with Crippen molar-refractivity contribution >= 4 is 10.9 Å². The van der Waals surface area contributed by atoms with E-state index in [-0.39, 0.29) is 5.54 Å². The zero-order valence-electron chi connectivity index (χ0n) is 9.25. The molecule has 0 bridgehead atoms. The number of rotatable bonds is 2. The largest absolute Gasteiger partial charge is 0.350 e. The van der Waals surface area contributed by atoms with E-state index in [1.165, 1.54) is 29.3 Å². The van der Waals surface area contributed by atoms with Crippen LogP contribution in [0.2, 0.25) is 0 Å². The first-order valence-electron chi connectivity index (χ1n) is 5.50. The zero-order chi connectivity index (χ0) is 10.5. The molecule has 1 aromatic carbocycles. The summed E-state index contributed by atoms with van der Waals surface area (Å²) in [5, 5.41) is 4.81. The molecule has 1 N–H and O–H groups in total. The topological polar surface area (TPSA) is 17.0 Å². The fraction of sp³-hybridized carbons (Fsp3) is 0.385. The third kappa shape index (κ3) is 1.15. The summed E-state index contributed by atoms with van der Waals surface area (Å²) < 4.78 is 2.22. The Bertz CT molecular complexity index is 506. The molecule has 1 heterocycles. The molecule has 0 unspecified atom stereocenters. The number of nitrogens with zero attached hydrogens (tertiary/aromatic N) is 1. The van der Waals surface area contributed by atoms with Crippen LogP contribution in [0.1, 0.15) is 18.4 Å². The molecule has 78 valence electrons. The van der Waals surface area contributed by atoms with Gasteiger partial charge in [0.15, 0.2) is 0 Å². The number of benzene rings is 1. The predicted molar refractivity (Wildman–Crippen MR) is 62.9 cm³/mol. The zero-order valence-corrected chi connectivity index (χ0v) is 9.25. The molecule has 1 fully saturated rings. The number of para-hydroxylation sites is 1. The smallest absolute Gasteiger partial charge is 0.0529 e. The number of hydrogen-bond donors (Lipinski definition) is 1. The molecule has 0 amide bonds. The molecule has 1 saturated carbocycles. The van der Waals surface area contributed by atoms with Gasteiger partial charge in [-0.2, -0.15) is 0 Å². The first kappa shape index (κ1) is 8.98. The van der Waals surface area contributed by atoms with E-state index in [0.717, 1.165) is 0 Å². The van der Waals surface area contributed by atoms with Gasteiger partial charge in [0.05, 0.1) is 5.52 Å². The summed E-state index contributed by atoms with van der Waals surface area (Å²) in [4.78, 5) is 0. The minimum atomic E-state index is 0.256. The van der Waals surface area contributed by atoms with Crippen molar-refractivity contribution in [3.63, 3.8) is 0 Å². The van der Waals surface area contributed by atoms with Crippen LogP contribution in [0.3, 0.4) is 0 Å². The summed E-state index contributed by atoms with van der Waals surface area (Å²) in [6, 6.07) is 8.79. The number of fused-ring (bicyclic) bond motifs is 1. The fourth-order valence-electron chi connectivity index (χ4n) is 2.52. The average molecular weight is 200 g/mol. The first-order chi connectivity index (χ1) is 7.27. The molecule has 15 heavy (non-hydrogen) atoms. The molecule has 0 aliphatic heterocycles. The van der Waals surface area contributed by atoms with Gasteiger partial charge in [-0.25, -0.2) is 0 Å². The van der Waals surface area contributed by atoms with Gasteiger partial charge >= 0.3 is 0 Å². The molecule has 0 saturated heterocycles. The first-order valence-corrected chi connectivity index (χ1v) is 5.50. The SMILES string of the molecule is CNC1(c2cccc3ccn(C)c23)CC1. The maximum Gasteiger partial charge on any atom is 0.0529 e. The van der Waals surface area contributed by atoms with Gasteiger partial charge in [0.25, 0.3) is 0 Å². The van der Waals surface area contributed by atoms with Crippen LogP contribution in [0.5, 0.6) is 0 Å². The van der Waals surface area contributed by atoms with Crippen LogP contribution < -0.4 is 5.32 Å². The van der Waals surface area contributed by atoms with Gasteiger partial charge in [0, 0.05) is 18.8 Å². The van der Waals surface area contributed by atoms with Crippen LogP contribution in [0.15, 0.2) is 30.5 Å². The highest BCUT2D eigenvalue weighted by Crippen LogP contribution is 2.47. The summed E-state index contributed by atoms with van der Waals surface area (Å²) >= 11 is 0. The molecule has 2 aromatic rings. The van der Waals surface area contributed by atoms with E-state index in [1.807, 2.05) is 0 Å². The monoisotopic (exact) mass is 200 g/mol. The lowest BCUT2D eigenvalue weighted by Crippen LogP contribution is -2.25. The molecule has 1 aliphatic carbocycles. The van der Waals surface area contributed by atoms with Gasteiger partial charge < -0.3 is 9.88 Å². The summed E-state index contributed by atoms with van der Waals surface area (Å²) in [7, 11) is 4.19. The molecular weight excluding hydrogens is 184 g/mol. The number of aromatic nitrogens is 1. The van der Waals surface area contributed by atoms with E-state index in [1.54, 1.807) is 0 Å². The van der Waals surface area contributed by atoms with Crippen molar-refractivity contribution in [3.05, 3.63) is 36.0 Å². The second-order valence-electron chi connectivity index (χ2n) is 4.50. The highest BCUT2D eigenvalue weighted by molar-refractivity contribution is 5.84. The lowest BCUT2D eigenvalue weighted by molar-refractivity contribution is 0.588. The standard InChI is InChI=1S/C13H16N2/c1-14-13(7-8-13)11-5-3-4-10-6-9-15(2)12(10)11/h3-6,9,14H,7-8H2,1-2H3. The Morgan fingerprint density at radius 3 is 2.73 bits per heavy atom. The minimum absolute atomic E-state index is 0.256. The Morgan fingerprint density at radius 1 is 1.27 bits per heavy atom. The van der Waals surface area contributed by atoms with Crippen molar-refractivity contribution in [3.8, 4) is 0 Å². The molecular formula is C13H16N2. The number of hydrogen-bond acceptors (Lipinski definition) is 1. The second kappa shape index (κ2) is 2.86. The molecule has 2 nitrogen and oxygen atoms in total. The molecule has 0 atom stereocenters. The maximum absolute atomic E-state index is 3.46. The Balaban J connectivity index is 2.30. The van der Waals surface area contributed by atoms with Crippen molar-refractivity contribution in [2.24, 2.45) is 7.05 Å². The minimum Gasteiger partial charge on any atom is -0.350 e. The van der Waals surface area contributed by atoms with Crippen LogP contribution >= 0.6 is 0 Å². The van der Waals surface area contributed by atoms with Gasteiger partial charge in [0.1, 0.15) is 0 Å². The van der Waals surface area contributed by atoms with Crippen molar-refractivity contribution in [2.75, 3.05) is 7.05 Å². The van der Waals surface area contributed by atoms with E-state index in [0.29, 0.717) is 0 Å². The Hall–Kier alpha value is -1.28. The highest BCUT2D eigenvalue weighted by atomic mass is 15.0. The summed E-state index contributed by atoms with van der Waals surface area (Å²) in [6.45, 7) is 0. The van der Waals surface area contributed by atoms with Gasteiger partial charge in [-0.05, 0) is 36.9 Å². The lowest BCUT2D eigenvalue weighted by atomic mass is 10.0. The van der Waals surface area contributed by atoms with Crippen LogP contribution in [0.25, 0.3) is 10.9 Å². The lowest BCUT2D eigenvalue weighted by Gasteiger charge is -2.16. The molecule has 3 rings (SSSR count). The Morgan fingerprint density at radius 2 is 2.07 bits per heavy atom. The third-order valence-corrected chi connectivity index (χ3v) is 3.64. The number of aryl methyl sites for hydroxylation is 1. The van der Waals surface area contributed by atoms with E-state index in [4.69, 9.17) is 0 Å². The summed E-state index contributed by atoms with van der Waals surface area (Å²) in [5.41, 5.74) is 3.09. The molecule has 1 aliphatic rings. The van der Waals surface area contributed by atoms with Gasteiger partial charge in [0.2, 0.25) is 0 Å². The van der Waals surface area contributed by atoms with E-state index < -0.39 is 0 Å². The van der Waals surface area contributed by atoms with Crippen molar-refractivity contribution in [1.82, 2.24) is 9.88 Å². The molecule has 0 radical (unpaired) electrons. The van der Waals surface area contributed by atoms with Crippen LogP contribution in [-0.2, 0) is 12.6 Å². The van der Waals surface area contributed by atoms with Gasteiger partial charge in [-0.1, -0.05) is 18.2 Å². The van der Waals surface area contributed by atoms with Crippen LogP contribution in [0.4, 0.5) is 0 Å². The van der Waals surface area contributed by atoms with Crippen molar-refractivity contribution in [2.45, 2.75) is 18.4 Å². The van der Waals surface area contributed by atoms with E-state index >= 15 is 0 Å². The van der Waals surface area contributed by atoms with Gasteiger partial charge in [-0.15, -0.1) is 0 Å². The van der Waals surface area contributed by atoms with E-state index in [9.17, 15) is 0 Å². The Labute approximate surface area is 89.9 Å². The third-order valence-electron chi connectivity index (χ3n) is 3.64. The van der Waals surface area contributed by atoms with Crippen LogP contribution in [0, 0.1) is 0 Å². The normalized spacial score (nSPS) is 18.3. The molecule has 2 heteroatoms. The highest BCUT2D eigenvalue weighted by Gasteiger charge is 2.44. The average Bonchev–Trinajstić information content (AvgIpc) is 2.98.